The zero-order chi connectivity index (χ0) is 17.3. The van der Waals surface area contributed by atoms with E-state index in [9.17, 15) is 9.18 Å². The molecule has 0 aliphatic carbocycles. The molecule has 2 atom stereocenters. The van der Waals surface area contributed by atoms with Crippen LogP contribution in [-0.2, 0) is 4.79 Å². The van der Waals surface area contributed by atoms with E-state index in [1.54, 1.807) is 0 Å². The molecule has 2 aromatic carbocycles. The molecule has 2 unspecified atom stereocenters. The highest BCUT2D eigenvalue weighted by Gasteiger charge is 2.32. The van der Waals surface area contributed by atoms with Gasteiger partial charge in [-0.1, -0.05) is 35.3 Å². The molecule has 3 nitrogen and oxygen atoms in total. The molecular formula is C18H17Cl2FN2O. The Kier molecular flexibility index (Phi) is 5.09. The molecule has 1 heterocycles. The van der Waals surface area contributed by atoms with Crippen LogP contribution in [0.5, 0.6) is 0 Å². The number of amides is 1. The molecule has 1 saturated heterocycles. The Labute approximate surface area is 150 Å². The Morgan fingerprint density at radius 3 is 2.67 bits per heavy atom. The van der Waals surface area contributed by atoms with Gasteiger partial charge in [0, 0.05) is 42.6 Å². The molecule has 0 bridgehead atoms. The minimum Gasteiger partial charge on any atom is -0.326 e. The van der Waals surface area contributed by atoms with Gasteiger partial charge in [-0.05, 0) is 35.4 Å². The average Bonchev–Trinajstić information content (AvgIpc) is 2.99. The zero-order valence-corrected chi connectivity index (χ0v) is 14.6. The van der Waals surface area contributed by atoms with Crippen molar-refractivity contribution in [2.45, 2.75) is 18.8 Å². The molecule has 0 spiro atoms. The lowest BCUT2D eigenvalue weighted by molar-refractivity contribution is -0.114. The highest BCUT2D eigenvalue weighted by molar-refractivity contribution is 6.31. The van der Waals surface area contributed by atoms with E-state index in [2.05, 4.69) is 10.6 Å². The Hall–Kier alpha value is -1.62. The van der Waals surface area contributed by atoms with E-state index in [1.165, 1.54) is 19.1 Å². The van der Waals surface area contributed by atoms with Crippen LogP contribution in [0.3, 0.4) is 0 Å². The first-order chi connectivity index (χ1) is 11.5. The number of benzene rings is 2. The molecule has 6 heteroatoms. The molecule has 126 valence electrons. The van der Waals surface area contributed by atoms with Crippen molar-refractivity contribution in [2.75, 3.05) is 18.4 Å². The molecule has 3 rings (SSSR count). The van der Waals surface area contributed by atoms with Gasteiger partial charge in [-0.15, -0.1) is 0 Å². The summed E-state index contributed by atoms with van der Waals surface area (Å²) in [4.78, 5) is 11.5. The van der Waals surface area contributed by atoms with Crippen LogP contribution >= 0.6 is 23.2 Å². The van der Waals surface area contributed by atoms with Crippen molar-refractivity contribution < 1.29 is 9.18 Å². The fraction of sp³-hybridized carbons (Fsp3) is 0.278. The summed E-state index contributed by atoms with van der Waals surface area (Å²) in [6, 6.07) is 10.6. The summed E-state index contributed by atoms with van der Waals surface area (Å²) in [6.07, 6.45) is 0. The number of anilines is 1. The number of nitrogens with one attached hydrogen (secondary N) is 2. The van der Waals surface area contributed by atoms with Crippen LogP contribution in [0.1, 0.15) is 29.9 Å². The second-order valence-electron chi connectivity index (χ2n) is 5.96. The van der Waals surface area contributed by atoms with Crippen molar-refractivity contribution in [1.29, 1.82) is 0 Å². The molecular weight excluding hydrogens is 350 g/mol. The van der Waals surface area contributed by atoms with Crippen LogP contribution in [0, 0.1) is 5.82 Å². The van der Waals surface area contributed by atoms with Crippen molar-refractivity contribution in [2.24, 2.45) is 0 Å². The number of hydrogen-bond donors (Lipinski definition) is 2. The molecule has 1 aliphatic rings. The third-order valence-corrected chi connectivity index (χ3v) is 4.82. The van der Waals surface area contributed by atoms with Gasteiger partial charge in [-0.3, -0.25) is 4.79 Å². The van der Waals surface area contributed by atoms with Gasteiger partial charge in [0.25, 0.3) is 0 Å². The molecule has 1 amide bonds. The van der Waals surface area contributed by atoms with E-state index >= 15 is 0 Å². The fourth-order valence-electron chi connectivity index (χ4n) is 3.26. The third-order valence-electron chi connectivity index (χ3n) is 4.29. The first-order valence-electron chi connectivity index (χ1n) is 7.68. The maximum absolute atomic E-state index is 14.1. The lowest BCUT2D eigenvalue weighted by atomic mass is 9.83. The maximum Gasteiger partial charge on any atom is 0.221 e. The summed E-state index contributed by atoms with van der Waals surface area (Å²) in [5.41, 5.74) is 2.37. The largest absolute Gasteiger partial charge is 0.326 e. The summed E-state index contributed by atoms with van der Waals surface area (Å²) >= 11 is 12.0. The number of hydrogen-bond acceptors (Lipinski definition) is 2. The lowest BCUT2D eigenvalue weighted by Gasteiger charge is -2.23. The molecule has 0 aromatic heterocycles. The van der Waals surface area contributed by atoms with Gasteiger partial charge in [0.2, 0.25) is 5.91 Å². The van der Waals surface area contributed by atoms with Gasteiger partial charge in [0.15, 0.2) is 0 Å². The summed E-state index contributed by atoms with van der Waals surface area (Å²) in [7, 11) is 0. The average molecular weight is 367 g/mol. The third kappa shape index (κ3) is 3.56. The topological polar surface area (TPSA) is 41.1 Å². The van der Waals surface area contributed by atoms with E-state index < -0.39 is 5.82 Å². The van der Waals surface area contributed by atoms with Crippen LogP contribution in [0.4, 0.5) is 10.1 Å². The van der Waals surface area contributed by atoms with Crippen LogP contribution in [-0.4, -0.2) is 19.0 Å². The number of rotatable bonds is 3. The normalized spacial score (nSPS) is 20.2. The minimum absolute atomic E-state index is 0.00670. The Bertz CT molecular complexity index is 782. The van der Waals surface area contributed by atoms with Gasteiger partial charge < -0.3 is 10.6 Å². The van der Waals surface area contributed by atoms with E-state index in [1.807, 2.05) is 24.3 Å². The zero-order valence-electron chi connectivity index (χ0n) is 13.1. The quantitative estimate of drug-likeness (QED) is 0.835. The smallest absolute Gasteiger partial charge is 0.221 e. The van der Waals surface area contributed by atoms with Crippen molar-refractivity contribution in [3.8, 4) is 0 Å². The second kappa shape index (κ2) is 7.09. The lowest BCUT2D eigenvalue weighted by Crippen LogP contribution is -2.15. The van der Waals surface area contributed by atoms with Gasteiger partial charge >= 0.3 is 0 Å². The first kappa shape index (κ1) is 17.2. The van der Waals surface area contributed by atoms with Crippen LogP contribution < -0.4 is 10.6 Å². The highest BCUT2D eigenvalue weighted by atomic mass is 35.5. The van der Waals surface area contributed by atoms with Crippen molar-refractivity contribution >= 4 is 34.8 Å². The monoisotopic (exact) mass is 366 g/mol. The molecule has 1 aliphatic heterocycles. The van der Waals surface area contributed by atoms with Gasteiger partial charge in [-0.25, -0.2) is 4.39 Å². The number of halogens is 3. The number of carbonyl (C=O) groups excluding carboxylic acids is 1. The molecule has 2 N–H and O–H groups in total. The number of carbonyl (C=O) groups is 1. The van der Waals surface area contributed by atoms with E-state index in [0.717, 1.165) is 17.7 Å². The summed E-state index contributed by atoms with van der Waals surface area (Å²) in [5.74, 6) is -0.560. The predicted molar refractivity (Wildman–Crippen MR) is 95.5 cm³/mol. The molecule has 0 radical (unpaired) electrons. The first-order valence-corrected chi connectivity index (χ1v) is 8.44. The summed E-state index contributed by atoms with van der Waals surface area (Å²) in [6.45, 7) is 2.86. The van der Waals surface area contributed by atoms with Crippen molar-refractivity contribution in [3.05, 3.63) is 63.4 Å². The predicted octanol–water partition coefficient (Wildman–Crippen LogP) is 4.56. The Balaban J connectivity index is 2.03. The molecule has 0 saturated carbocycles. The Morgan fingerprint density at radius 1 is 1.21 bits per heavy atom. The van der Waals surface area contributed by atoms with Crippen molar-refractivity contribution in [1.82, 2.24) is 5.32 Å². The fourth-order valence-corrected chi connectivity index (χ4v) is 3.62. The van der Waals surface area contributed by atoms with Gasteiger partial charge in [-0.2, -0.15) is 0 Å². The minimum atomic E-state index is -0.488. The van der Waals surface area contributed by atoms with Gasteiger partial charge in [0.05, 0.1) is 5.02 Å². The standard InChI is InChI=1S/C18H17Cl2FN2O/c1-10(24)23-18-7-16(20)17(21)6-13(18)15-9-22-8-14(15)11-3-2-4-12(19)5-11/h2-7,14-15,22H,8-9H2,1H3,(H,23,24). The highest BCUT2D eigenvalue weighted by Crippen LogP contribution is 2.41. The maximum atomic E-state index is 14.1. The SMILES string of the molecule is CC(=O)Nc1cc(Cl)c(F)cc1C1CNCC1c1cccc(Cl)c1. The van der Waals surface area contributed by atoms with E-state index in [4.69, 9.17) is 23.2 Å². The van der Waals surface area contributed by atoms with E-state index in [-0.39, 0.29) is 22.8 Å². The molecule has 1 fully saturated rings. The van der Waals surface area contributed by atoms with Crippen LogP contribution in [0.15, 0.2) is 36.4 Å². The van der Waals surface area contributed by atoms with Crippen LogP contribution in [0.25, 0.3) is 0 Å². The van der Waals surface area contributed by atoms with Crippen molar-refractivity contribution in [3.63, 3.8) is 0 Å². The second-order valence-corrected chi connectivity index (χ2v) is 6.80. The Morgan fingerprint density at radius 2 is 1.96 bits per heavy atom. The summed E-state index contributed by atoms with van der Waals surface area (Å²) in [5, 5.41) is 6.76. The molecule has 24 heavy (non-hydrogen) atoms. The molecule has 2 aromatic rings. The summed E-state index contributed by atoms with van der Waals surface area (Å²) < 4.78 is 14.1. The van der Waals surface area contributed by atoms with Gasteiger partial charge in [0.1, 0.15) is 5.82 Å². The van der Waals surface area contributed by atoms with E-state index in [0.29, 0.717) is 17.3 Å². The van der Waals surface area contributed by atoms with Crippen LogP contribution in [0.2, 0.25) is 10.0 Å².